The van der Waals surface area contributed by atoms with Gasteiger partial charge in [-0.1, -0.05) is 19.8 Å². The van der Waals surface area contributed by atoms with Crippen molar-refractivity contribution in [2.45, 2.75) is 45.1 Å². The molecular formula is C11H21N3O3. The lowest BCUT2D eigenvalue weighted by molar-refractivity contribution is 0.0925. The molecule has 1 aliphatic rings. The Balaban J connectivity index is 2.62. The second-order valence-corrected chi connectivity index (χ2v) is 4.52. The Morgan fingerprint density at radius 2 is 2.29 bits per heavy atom. The molecule has 17 heavy (non-hydrogen) atoms. The molecule has 1 heterocycles. The van der Waals surface area contributed by atoms with E-state index in [1.54, 1.807) is 0 Å². The predicted molar refractivity (Wildman–Crippen MR) is 63.4 cm³/mol. The first-order valence-electron chi connectivity index (χ1n) is 6.08. The summed E-state index contributed by atoms with van der Waals surface area (Å²) >= 11 is 0. The van der Waals surface area contributed by atoms with E-state index in [4.69, 9.17) is 15.7 Å². The van der Waals surface area contributed by atoms with Crippen molar-refractivity contribution in [1.29, 1.82) is 5.41 Å². The first kappa shape index (κ1) is 13.8. The second-order valence-electron chi connectivity index (χ2n) is 4.52. The highest BCUT2D eigenvalue weighted by molar-refractivity contribution is 5.80. The number of amidine groups is 1. The minimum absolute atomic E-state index is 0.0279. The van der Waals surface area contributed by atoms with Crippen molar-refractivity contribution in [2.24, 2.45) is 5.92 Å². The Bertz CT molecular complexity index is 283. The summed E-state index contributed by atoms with van der Waals surface area (Å²) in [6, 6.07) is -0.0279. The van der Waals surface area contributed by atoms with Gasteiger partial charge in [-0.05, 0) is 19.3 Å². The summed E-state index contributed by atoms with van der Waals surface area (Å²) in [6.07, 6.45) is 3.19. The number of hydrogen-bond acceptors (Lipinski definition) is 3. The third kappa shape index (κ3) is 3.59. The van der Waals surface area contributed by atoms with Gasteiger partial charge in [0.15, 0.2) is 0 Å². The summed E-state index contributed by atoms with van der Waals surface area (Å²) in [5.41, 5.74) is 1.87. The Kier molecular flexibility index (Phi) is 5.21. The van der Waals surface area contributed by atoms with Crippen molar-refractivity contribution in [1.82, 2.24) is 10.4 Å². The molecule has 2 atom stereocenters. The molecule has 2 unspecified atom stereocenters. The van der Waals surface area contributed by atoms with Gasteiger partial charge in [-0.2, -0.15) is 0 Å². The fourth-order valence-corrected chi connectivity index (χ4v) is 2.37. The number of amides is 1. The van der Waals surface area contributed by atoms with E-state index in [9.17, 15) is 4.79 Å². The van der Waals surface area contributed by atoms with Crippen LogP contribution in [0.1, 0.15) is 39.0 Å². The number of rotatable bonds is 4. The summed E-state index contributed by atoms with van der Waals surface area (Å²) in [7, 11) is 0. The van der Waals surface area contributed by atoms with E-state index in [1.165, 1.54) is 4.90 Å². The largest absolute Gasteiger partial charge is 0.465 e. The van der Waals surface area contributed by atoms with Crippen LogP contribution in [0.2, 0.25) is 0 Å². The number of piperidine rings is 1. The van der Waals surface area contributed by atoms with Gasteiger partial charge >= 0.3 is 6.09 Å². The second kappa shape index (κ2) is 6.44. The maximum Gasteiger partial charge on any atom is 0.407 e. The van der Waals surface area contributed by atoms with Crippen molar-refractivity contribution in [3.8, 4) is 0 Å². The highest BCUT2D eigenvalue weighted by atomic mass is 16.5. The van der Waals surface area contributed by atoms with Gasteiger partial charge in [-0.15, -0.1) is 0 Å². The number of nitrogens with one attached hydrogen (secondary N) is 2. The lowest BCUT2D eigenvalue weighted by Gasteiger charge is -2.37. The van der Waals surface area contributed by atoms with Crippen LogP contribution in [0.15, 0.2) is 0 Å². The van der Waals surface area contributed by atoms with Crippen LogP contribution < -0.4 is 5.48 Å². The summed E-state index contributed by atoms with van der Waals surface area (Å²) in [5, 5.41) is 25.4. The summed E-state index contributed by atoms with van der Waals surface area (Å²) < 4.78 is 0. The van der Waals surface area contributed by atoms with Gasteiger partial charge in [0.1, 0.15) is 5.84 Å². The highest BCUT2D eigenvalue weighted by Gasteiger charge is 2.32. The van der Waals surface area contributed by atoms with Crippen LogP contribution in [0.4, 0.5) is 4.79 Å². The fraction of sp³-hybridized carbons (Fsp3) is 0.818. The van der Waals surface area contributed by atoms with Crippen molar-refractivity contribution in [3.63, 3.8) is 0 Å². The number of hydrogen-bond donors (Lipinski definition) is 4. The zero-order valence-electron chi connectivity index (χ0n) is 10.1. The molecule has 1 rings (SSSR count). The van der Waals surface area contributed by atoms with E-state index in [-0.39, 0.29) is 17.8 Å². The molecule has 0 radical (unpaired) electrons. The van der Waals surface area contributed by atoms with Crippen LogP contribution >= 0.6 is 0 Å². The molecule has 0 bridgehead atoms. The number of hydroxylamine groups is 1. The van der Waals surface area contributed by atoms with Crippen LogP contribution in [-0.2, 0) is 0 Å². The van der Waals surface area contributed by atoms with Gasteiger partial charge in [0.05, 0.1) is 0 Å². The average Bonchev–Trinajstić information content (AvgIpc) is 2.34. The van der Waals surface area contributed by atoms with Gasteiger partial charge < -0.3 is 10.0 Å². The van der Waals surface area contributed by atoms with Crippen LogP contribution in [0, 0.1) is 11.3 Å². The first-order valence-corrected chi connectivity index (χ1v) is 6.08. The molecule has 1 aliphatic heterocycles. The molecular weight excluding hydrogens is 222 g/mol. The Morgan fingerprint density at radius 3 is 2.82 bits per heavy atom. The smallest absolute Gasteiger partial charge is 0.407 e. The number of carbonyl (C=O) groups is 1. The van der Waals surface area contributed by atoms with Gasteiger partial charge in [0, 0.05) is 18.5 Å². The standard InChI is InChI=1S/C11H21N3O3/c1-2-3-4-9-7-8(10(12)13-17)5-6-14(9)11(15)16/h8-9,17H,2-7H2,1H3,(H2,12,13)(H,15,16). The average molecular weight is 243 g/mol. The summed E-state index contributed by atoms with van der Waals surface area (Å²) in [4.78, 5) is 12.6. The van der Waals surface area contributed by atoms with E-state index in [1.807, 2.05) is 5.48 Å². The third-order valence-corrected chi connectivity index (χ3v) is 3.38. The molecule has 0 spiro atoms. The Labute approximate surface area is 101 Å². The van der Waals surface area contributed by atoms with E-state index in [0.717, 1.165) is 19.3 Å². The lowest BCUT2D eigenvalue weighted by atomic mass is 9.88. The topological polar surface area (TPSA) is 96.7 Å². The molecule has 0 saturated carbocycles. The van der Waals surface area contributed by atoms with E-state index < -0.39 is 6.09 Å². The summed E-state index contributed by atoms with van der Waals surface area (Å²) in [6.45, 7) is 2.52. The maximum absolute atomic E-state index is 11.1. The third-order valence-electron chi connectivity index (χ3n) is 3.38. The SMILES string of the molecule is CCCCC1CC(C(=N)NO)CCN1C(=O)O. The monoisotopic (exact) mass is 243 g/mol. The molecule has 0 aliphatic carbocycles. The fourth-order valence-electron chi connectivity index (χ4n) is 2.37. The predicted octanol–water partition coefficient (Wildman–Crippen LogP) is 1.89. The van der Waals surface area contributed by atoms with Gasteiger partial charge in [-0.3, -0.25) is 16.1 Å². The molecule has 98 valence electrons. The van der Waals surface area contributed by atoms with Gasteiger partial charge in [0.2, 0.25) is 0 Å². The zero-order chi connectivity index (χ0) is 12.8. The minimum Gasteiger partial charge on any atom is -0.465 e. The molecule has 6 heteroatoms. The molecule has 1 amide bonds. The molecule has 1 fully saturated rings. The van der Waals surface area contributed by atoms with Crippen molar-refractivity contribution >= 4 is 11.9 Å². The van der Waals surface area contributed by atoms with E-state index >= 15 is 0 Å². The Hall–Kier alpha value is -1.30. The molecule has 0 aromatic rings. The minimum atomic E-state index is -0.881. The lowest BCUT2D eigenvalue weighted by Crippen LogP contribution is -2.48. The number of carboxylic acid groups (broad SMARTS) is 1. The Morgan fingerprint density at radius 1 is 1.59 bits per heavy atom. The van der Waals surface area contributed by atoms with Crippen molar-refractivity contribution in [3.05, 3.63) is 0 Å². The number of nitrogens with zero attached hydrogens (tertiary/aromatic N) is 1. The molecule has 0 aromatic carbocycles. The normalized spacial score (nSPS) is 24.5. The van der Waals surface area contributed by atoms with Crippen LogP contribution in [0.5, 0.6) is 0 Å². The molecule has 6 nitrogen and oxygen atoms in total. The quantitative estimate of drug-likeness (QED) is 0.344. The molecule has 4 N–H and O–H groups in total. The number of likely N-dealkylation sites (tertiary alicyclic amines) is 1. The van der Waals surface area contributed by atoms with Gasteiger partial charge in [-0.25, -0.2) is 4.79 Å². The highest BCUT2D eigenvalue weighted by Crippen LogP contribution is 2.26. The molecule has 1 saturated heterocycles. The van der Waals surface area contributed by atoms with Crippen molar-refractivity contribution < 1.29 is 15.1 Å². The first-order chi connectivity index (χ1) is 8.10. The summed E-state index contributed by atoms with van der Waals surface area (Å²) in [5.74, 6) is 0.0361. The van der Waals surface area contributed by atoms with Gasteiger partial charge in [0.25, 0.3) is 0 Å². The van der Waals surface area contributed by atoms with E-state index in [0.29, 0.717) is 19.4 Å². The van der Waals surface area contributed by atoms with Crippen LogP contribution in [-0.4, -0.2) is 39.7 Å². The van der Waals surface area contributed by atoms with Crippen molar-refractivity contribution in [2.75, 3.05) is 6.54 Å². The van der Waals surface area contributed by atoms with E-state index in [2.05, 4.69) is 6.92 Å². The maximum atomic E-state index is 11.1. The zero-order valence-corrected chi connectivity index (χ0v) is 10.1. The van der Waals surface area contributed by atoms with Crippen LogP contribution in [0.25, 0.3) is 0 Å². The van der Waals surface area contributed by atoms with Crippen LogP contribution in [0.3, 0.4) is 0 Å². The molecule has 0 aromatic heterocycles. The number of unbranched alkanes of at least 4 members (excludes halogenated alkanes) is 1.